The fourth-order valence-electron chi connectivity index (χ4n) is 6.11. The first-order valence-electron chi connectivity index (χ1n) is 22.8. The summed E-state index contributed by atoms with van der Waals surface area (Å²) in [4.78, 5) is 22.9. The standard InChI is InChI=1S/C48H84NO8P/c1-6-8-10-11-12-13-14-15-16-17-20-23-26-29-32-36-41-53-43-45(44-55-58(51,52)54-42-40-49(3,4)5)56-48(50)39-35-31-28-25-22-19-18-21-24-27-30-34-38-47-46(57-47)37-33-9-7-2/h9,19,21-22,24,28,30-31,33-34,36,41,45-47H,6-8,10-18,20,23,25-27,29,32,35,37-40,42-44H2,1-5H3/p+1/b22-19-,24-21-,31-28-,33-9-,34-30-,41-36-. The van der Waals surface area contributed by atoms with Crippen LogP contribution in [-0.4, -0.2) is 81.2 Å². The number of rotatable bonds is 40. The van der Waals surface area contributed by atoms with Crippen molar-refractivity contribution in [2.24, 2.45) is 0 Å². The summed E-state index contributed by atoms with van der Waals surface area (Å²) in [6, 6.07) is 0. The normalized spacial score (nSPS) is 17.8. The van der Waals surface area contributed by atoms with Gasteiger partial charge in [0, 0.05) is 6.42 Å². The summed E-state index contributed by atoms with van der Waals surface area (Å²) in [5.41, 5.74) is 0. The second-order valence-electron chi connectivity index (χ2n) is 16.5. The third kappa shape index (κ3) is 36.8. The first kappa shape index (κ1) is 53.8. The predicted molar refractivity (Wildman–Crippen MR) is 242 cm³/mol. The van der Waals surface area contributed by atoms with Gasteiger partial charge >= 0.3 is 13.8 Å². The van der Waals surface area contributed by atoms with Crippen LogP contribution in [0.15, 0.2) is 73.1 Å². The molecule has 4 atom stereocenters. The second-order valence-corrected chi connectivity index (χ2v) is 18.0. The minimum atomic E-state index is -4.32. The Morgan fingerprint density at radius 2 is 1.17 bits per heavy atom. The molecular weight excluding hydrogens is 750 g/mol. The maximum Gasteiger partial charge on any atom is 0.472 e. The van der Waals surface area contributed by atoms with Gasteiger partial charge in [-0.2, -0.15) is 0 Å². The number of likely N-dealkylation sites (N-methyl/N-ethyl adjacent to an activating group) is 1. The first-order valence-corrected chi connectivity index (χ1v) is 24.3. The fraction of sp³-hybridized carbons (Fsp3) is 0.729. The number of ether oxygens (including phenoxy) is 3. The zero-order valence-electron chi connectivity index (χ0n) is 37.5. The van der Waals surface area contributed by atoms with E-state index in [1.54, 1.807) is 6.26 Å². The number of carbonyl (C=O) groups excluding carboxylic acids is 1. The van der Waals surface area contributed by atoms with E-state index in [4.69, 9.17) is 23.3 Å². The molecule has 0 aromatic heterocycles. The van der Waals surface area contributed by atoms with Crippen LogP contribution in [0, 0.1) is 0 Å². The summed E-state index contributed by atoms with van der Waals surface area (Å²) >= 11 is 0. The summed E-state index contributed by atoms with van der Waals surface area (Å²) in [6.45, 7) is 4.71. The molecule has 1 heterocycles. The molecule has 58 heavy (non-hydrogen) atoms. The lowest BCUT2D eigenvalue weighted by Crippen LogP contribution is -2.37. The largest absolute Gasteiger partial charge is 0.498 e. The van der Waals surface area contributed by atoms with Gasteiger partial charge in [-0.1, -0.05) is 158 Å². The molecule has 334 valence electrons. The molecule has 0 aromatic rings. The number of quaternary nitrogens is 1. The Labute approximate surface area is 355 Å². The number of phosphoric acid groups is 1. The number of nitrogens with zero attached hydrogens (tertiary/aromatic N) is 1. The number of hydrogen-bond acceptors (Lipinski definition) is 7. The number of unbranched alkanes of at least 4 members (excludes halogenated alkanes) is 14. The first-order chi connectivity index (χ1) is 28.1. The molecule has 1 saturated heterocycles. The van der Waals surface area contributed by atoms with Gasteiger partial charge in [-0.25, -0.2) is 4.57 Å². The van der Waals surface area contributed by atoms with E-state index in [1.807, 2.05) is 39.4 Å². The molecule has 10 heteroatoms. The zero-order valence-corrected chi connectivity index (χ0v) is 38.3. The minimum Gasteiger partial charge on any atom is -0.498 e. The van der Waals surface area contributed by atoms with E-state index in [1.165, 1.54) is 83.5 Å². The molecule has 0 bridgehead atoms. The second kappa shape index (κ2) is 36.6. The van der Waals surface area contributed by atoms with Crippen molar-refractivity contribution >= 4 is 13.8 Å². The molecule has 1 N–H and O–H groups in total. The van der Waals surface area contributed by atoms with Crippen molar-refractivity contribution in [3.63, 3.8) is 0 Å². The van der Waals surface area contributed by atoms with Crippen LogP contribution in [0.2, 0.25) is 0 Å². The third-order valence-electron chi connectivity index (χ3n) is 9.76. The SMILES string of the molecule is CC/C=C\CC1OC1C/C=C\C/C=C\C/C=C\C/C=C\CCC(=O)OC(CO/C=C\CCCCCCCCCCCCCCCC)COP(=O)(O)OCC[N+](C)(C)C. The van der Waals surface area contributed by atoms with E-state index in [0.29, 0.717) is 29.7 Å². The summed E-state index contributed by atoms with van der Waals surface area (Å²) < 4.78 is 40.4. The van der Waals surface area contributed by atoms with Gasteiger partial charge in [0.05, 0.1) is 46.2 Å². The molecule has 1 aliphatic rings. The number of allylic oxidation sites excluding steroid dienone is 9. The molecular formula is C48H85NO8P+. The van der Waals surface area contributed by atoms with Gasteiger partial charge in [-0.3, -0.25) is 13.8 Å². The average molecular weight is 835 g/mol. The molecule has 9 nitrogen and oxygen atoms in total. The van der Waals surface area contributed by atoms with Gasteiger partial charge in [-0.15, -0.1) is 0 Å². The topological polar surface area (TPSA) is 104 Å². The maximum absolute atomic E-state index is 12.7. The van der Waals surface area contributed by atoms with Crippen molar-refractivity contribution in [1.82, 2.24) is 0 Å². The van der Waals surface area contributed by atoms with E-state index in [-0.39, 0.29) is 26.2 Å². The molecule has 0 aromatic carbocycles. The molecule has 0 spiro atoms. The van der Waals surface area contributed by atoms with Gasteiger partial charge in [0.2, 0.25) is 0 Å². The van der Waals surface area contributed by atoms with Gasteiger partial charge < -0.3 is 23.6 Å². The van der Waals surface area contributed by atoms with Crippen LogP contribution in [-0.2, 0) is 32.6 Å². The van der Waals surface area contributed by atoms with Gasteiger partial charge in [0.25, 0.3) is 0 Å². The van der Waals surface area contributed by atoms with E-state index in [0.717, 1.165) is 51.4 Å². The van der Waals surface area contributed by atoms with Crippen molar-refractivity contribution < 1.29 is 42.0 Å². The van der Waals surface area contributed by atoms with Gasteiger partial charge in [0.15, 0.2) is 6.10 Å². The Hall–Kier alpha value is -2.26. The number of hydrogen-bond donors (Lipinski definition) is 1. The lowest BCUT2D eigenvalue weighted by Gasteiger charge is -2.24. The number of epoxide rings is 1. The molecule has 0 aliphatic carbocycles. The van der Waals surface area contributed by atoms with Gasteiger partial charge in [0.1, 0.15) is 19.8 Å². The number of esters is 1. The highest BCUT2D eigenvalue weighted by Gasteiger charge is 2.36. The summed E-state index contributed by atoms with van der Waals surface area (Å²) in [7, 11) is 1.58. The molecule has 0 saturated carbocycles. The predicted octanol–water partition coefficient (Wildman–Crippen LogP) is 12.8. The van der Waals surface area contributed by atoms with Crippen molar-refractivity contribution in [2.45, 2.75) is 180 Å². The van der Waals surface area contributed by atoms with E-state index in [9.17, 15) is 14.3 Å². The Morgan fingerprint density at radius 3 is 1.72 bits per heavy atom. The van der Waals surface area contributed by atoms with Gasteiger partial charge in [-0.05, 0) is 63.9 Å². The van der Waals surface area contributed by atoms with Crippen molar-refractivity contribution in [1.29, 1.82) is 0 Å². The quantitative estimate of drug-likeness (QED) is 0.0124. The molecule has 0 amide bonds. The summed E-state index contributed by atoms with van der Waals surface area (Å²) in [5.74, 6) is -0.421. The highest BCUT2D eigenvalue weighted by atomic mass is 31.2. The van der Waals surface area contributed by atoms with E-state index < -0.39 is 19.9 Å². The Kier molecular flexibility index (Phi) is 33.9. The van der Waals surface area contributed by atoms with Crippen molar-refractivity contribution in [3.8, 4) is 0 Å². The van der Waals surface area contributed by atoms with Crippen LogP contribution in [0.5, 0.6) is 0 Å². The number of phosphoric ester groups is 1. The molecule has 1 fully saturated rings. The van der Waals surface area contributed by atoms with E-state index in [2.05, 4.69) is 62.5 Å². The number of carbonyl (C=O) groups is 1. The van der Waals surface area contributed by atoms with Crippen LogP contribution in [0.1, 0.15) is 162 Å². The average Bonchev–Trinajstić information content (AvgIpc) is 3.93. The highest BCUT2D eigenvalue weighted by Crippen LogP contribution is 2.43. The Morgan fingerprint density at radius 1 is 0.655 bits per heavy atom. The van der Waals surface area contributed by atoms with Crippen LogP contribution < -0.4 is 0 Å². The lowest BCUT2D eigenvalue weighted by molar-refractivity contribution is -0.870. The highest BCUT2D eigenvalue weighted by molar-refractivity contribution is 7.47. The smallest absolute Gasteiger partial charge is 0.472 e. The molecule has 0 radical (unpaired) electrons. The maximum atomic E-state index is 12.7. The molecule has 4 unspecified atom stereocenters. The Balaban J connectivity index is 2.29. The molecule has 1 aliphatic heterocycles. The summed E-state index contributed by atoms with van der Waals surface area (Å²) in [6.07, 6.45) is 50.9. The monoisotopic (exact) mass is 835 g/mol. The van der Waals surface area contributed by atoms with Crippen LogP contribution in [0.3, 0.4) is 0 Å². The van der Waals surface area contributed by atoms with Crippen LogP contribution in [0.4, 0.5) is 0 Å². The van der Waals surface area contributed by atoms with E-state index >= 15 is 0 Å². The van der Waals surface area contributed by atoms with Crippen LogP contribution >= 0.6 is 7.82 Å². The lowest BCUT2D eigenvalue weighted by atomic mass is 10.0. The fourth-order valence-corrected chi connectivity index (χ4v) is 6.86. The Bertz CT molecular complexity index is 1220. The third-order valence-corrected chi connectivity index (χ3v) is 10.7. The summed E-state index contributed by atoms with van der Waals surface area (Å²) in [5, 5.41) is 0. The van der Waals surface area contributed by atoms with Crippen molar-refractivity contribution in [2.75, 3.05) is 47.5 Å². The van der Waals surface area contributed by atoms with Crippen LogP contribution in [0.25, 0.3) is 0 Å². The molecule has 1 rings (SSSR count). The van der Waals surface area contributed by atoms with Crippen molar-refractivity contribution in [3.05, 3.63) is 73.1 Å². The zero-order chi connectivity index (χ0) is 42.4. The minimum absolute atomic E-state index is 0.0122.